The first-order chi connectivity index (χ1) is 26.7. The summed E-state index contributed by atoms with van der Waals surface area (Å²) in [6, 6.07) is 21.9. The standard InChI is InChI=1S/C44H49N7O4/c1-26(2)40(49-44(54)55-4)43(53)51-21-7-8-36(51)41-47-25-35(48-41)30-16-14-28(15-17-30)27-10-12-29(13-11-27)33-23-34(46-24-33)38-31-18-19-32(22-31)39(38)42(52)50(3)37-9-5-6-20-45-37/h5-6,9-17,20,24-26,31-32,36,38-40H,7-8,18-19,21-23H2,1-4H3,(H,47,48)(H,49,54)/t31?,32?,36-,38?,39-,40-/m0/s1. The number of nitrogens with one attached hydrogen (secondary N) is 2. The first-order valence-electron chi connectivity index (χ1n) is 19.6. The quantitative estimate of drug-likeness (QED) is 0.171. The van der Waals surface area contributed by atoms with Crippen LogP contribution in [0.25, 0.3) is 28.0 Å². The first-order valence-corrected chi connectivity index (χ1v) is 19.6. The van der Waals surface area contributed by atoms with Crippen LogP contribution in [0.3, 0.4) is 0 Å². The first kappa shape index (κ1) is 36.4. The molecule has 6 atom stereocenters. The number of carbonyl (C=O) groups is 3. The molecule has 4 aromatic rings. The summed E-state index contributed by atoms with van der Waals surface area (Å²) in [6.45, 7) is 4.43. The van der Waals surface area contributed by atoms with Crippen molar-refractivity contribution < 1.29 is 19.1 Å². The van der Waals surface area contributed by atoms with Gasteiger partial charge in [-0.05, 0) is 89.8 Å². The number of imidazole rings is 1. The summed E-state index contributed by atoms with van der Waals surface area (Å²) >= 11 is 0. The van der Waals surface area contributed by atoms with Crippen LogP contribution in [0.4, 0.5) is 10.6 Å². The van der Waals surface area contributed by atoms with Crippen molar-refractivity contribution in [1.29, 1.82) is 0 Å². The molecule has 11 heteroatoms. The van der Waals surface area contributed by atoms with Gasteiger partial charge >= 0.3 is 6.09 Å². The monoisotopic (exact) mass is 739 g/mol. The molecule has 8 rings (SSSR count). The molecule has 284 valence electrons. The average Bonchev–Trinajstić information content (AvgIpc) is 4.08. The number of benzene rings is 2. The van der Waals surface area contributed by atoms with Crippen LogP contribution in [-0.4, -0.2) is 70.2 Å². The topological polar surface area (TPSA) is 133 Å². The number of fused-ring (bicyclic) bond motifs is 2. The fourth-order valence-electron chi connectivity index (χ4n) is 9.41. The van der Waals surface area contributed by atoms with Gasteiger partial charge in [0, 0.05) is 50.0 Å². The predicted octanol–water partition coefficient (Wildman–Crippen LogP) is 7.69. The van der Waals surface area contributed by atoms with E-state index in [1.165, 1.54) is 19.1 Å². The number of hydrogen-bond acceptors (Lipinski definition) is 7. The molecule has 4 aliphatic rings. The van der Waals surface area contributed by atoms with Gasteiger partial charge in [-0.15, -0.1) is 0 Å². The fraction of sp³-hybridized carbons (Fsp3) is 0.409. The van der Waals surface area contributed by atoms with Crippen LogP contribution < -0.4 is 10.2 Å². The zero-order valence-electron chi connectivity index (χ0n) is 31.9. The number of alkyl carbamates (subject to hydrolysis) is 1. The maximum absolute atomic E-state index is 13.9. The molecule has 4 heterocycles. The number of aromatic nitrogens is 3. The Morgan fingerprint density at radius 2 is 1.62 bits per heavy atom. The lowest BCUT2D eigenvalue weighted by Gasteiger charge is -2.33. The van der Waals surface area contributed by atoms with Crippen molar-refractivity contribution in [1.82, 2.24) is 25.2 Å². The number of nitrogens with zero attached hydrogens (tertiary/aromatic N) is 5. The number of anilines is 1. The van der Waals surface area contributed by atoms with Crippen molar-refractivity contribution in [3.63, 3.8) is 0 Å². The second-order valence-corrected chi connectivity index (χ2v) is 15.8. The Kier molecular flexibility index (Phi) is 10.1. The minimum Gasteiger partial charge on any atom is -0.453 e. The average molecular weight is 740 g/mol. The van der Waals surface area contributed by atoms with Crippen LogP contribution >= 0.6 is 0 Å². The summed E-state index contributed by atoms with van der Waals surface area (Å²) in [5.41, 5.74) is 7.62. The van der Waals surface area contributed by atoms with Crippen LogP contribution in [0.15, 0.2) is 90.3 Å². The van der Waals surface area contributed by atoms with E-state index in [-0.39, 0.29) is 35.6 Å². The van der Waals surface area contributed by atoms with Crippen LogP contribution in [0, 0.1) is 29.6 Å². The molecule has 11 nitrogen and oxygen atoms in total. The molecule has 2 bridgehead atoms. The third-order valence-electron chi connectivity index (χ3n) is 12.3. The Balaban J connectivity index is 0.905. The molecule has 3 fully saturated rings. The van der Waals surface area contributed by atoms with Gasteiger partial charge in [-0.3, -0.25) is 19.5 Å². The maximum Gasteiger partial charge on any atom is 0.407 e. The number of carbonyl (C=O) groups excluding carboxylic acids is 3. The van der Waals surface area contributed by atoms with Gasteiger partial charge in [-0.25, -0.2) is 14.8 Å². The van der Waals surface area contributed by atoms with Gasteiger partial charge in [0.2, 0.25) is 11.8 Å². The fourth-order valence-corrected chi connectivity index (χ4v) is 9.41. The van der Waals surface area contributed by atoms with E-state index in [2.05, 4.69) is 63.8 Å². The lowest BCUT2D eigenvalue weighted by Crippen LogP contribution is -2.51. The van der Waals surface area contributed by atoms with Gasteiger partial charge in [0.05, 0.1) is 25.0 Å². The maximum atomic E-state index is 13.9. The number of aromatic amines is 1. The van der Waals surface area contributed by atoms with Crippen LogP contribution in [0.5, 0.6) is 0 Å². The summed E-state index contributed by atoms with van der Waals surface area (Å²) in [7, 11) is 3.15. The summed E-state index contributed by atoms with van der Waals surface area (Å²) < 4.78 is 4.76. The highest BCUT2D eigenvalue weighted by atomic mass is 16.5. The molecule has 0 spiro atoms. The zero-order valence-corrected chi connectivity index (χ0v) is 31.9. The molecular formula is C44H49N7O4. The highest BCUT2D eigenvalue weighted by molar-refractivity contribution is 6.04. The number of likely N-dealkylation sites (tertiary alicyclic amines) is 1. The Hall–Kier alpha value is -5.58. The normalized spacial score (nSPS) is 23.4. The Labute approximate surface area is 322 Å². The van der Waals surface area contributed by atoms with Gasteiger partial charge in [0.25, 0.3) is 0 Å². The van der Waals surface area contributed by atoms with Gasteiger partial charge in [-0.2, -0.15) is 0 Å². The molecule has 3 amide bonds. The molecule has 2 aromatic carbocycles. The number of hydrogen-bond donors (Lipinski definition) is 2. The molecular weight excluding hydrogens is 691 g/mol. The third kappa shape index (κ3) is 7.08. The Morgan fingerprint density at radius 3 is 2.31 bits per heavy atom. The number of rotatable bonds is 10. The van der Waals surface area contributed by atoms with Gasteiger partial charge in [-0.1, -0.05) is 68.4 Å². The van der Waals surface area contributed by atoms with E-state index >= 15 is 0 Å². The Bertz CT molecular complexity index is 2110. The SMILES string of the molecule is COC(=O)N[C@H](C(=O)N1CCC[C@H]1c1ncc(-c2ccc(-c3ccc(C4=CN=C(C5C6CCC(C6)[C@@H]5C(=O)N(C)c5ccccn5)C4)cc3)cc2)[nH]1)C(C)C. The van der Waals surface area contributed by atoms with E-state index < -0.39 is 12.1 Å². The Morgan fingerprint density at radius 1 is 0.909 bits per heavy atom. The van der Waals surface area contributed by atoms with Crippen LogP contribution in [0.2, 0.25) is 0 Å². The molecule has 2 aliphatic carbocycles. The molecule has 3 unspecified atom stereocenters. The van der Waals surface area contributed by atoms with Crippen molar-refractivity contribution in [2.24, 2.45) is 34.6 Å². The lowest BCUT2D eigenvalue weighted by atomic mass is 9.74. The number of methoxy groups -OCH3 is 1. The van der Waals surface area contributed by atoms with Crippen molar-refractivity contribution in [2.45, 2.75) is 64.5 Å². The van der Waals surface area contributed by atoms with Crippen molar-refractivity contribution in [3.05, 3.63) is 96.7 Å². The molecule has 2 N–H and O–H groups in total. The third-order valence-corrected chi connectivity index (χ3v) is 12.3. The number of aliphatic imine (C=N–C) groups is 1. The molecule has 2 saturated carbocycles. The molecule has 1 saturated heterocycles. The van der Waals surface area contributed by atoms with Gasteiger partial charge in [0.1, 0.15) is 17.7 Å². The van der Waals surface area contributed by atoms with E-state index in [1.807, 2.05) is 56.4 Å². The number of amides is 3. The molecule has 0 radical (unpaired) electrons. The van der Waals surface area contributed by atoms with E-state index in [0.717, 1.165) is 71.6 Å². The van der Waals surface area contributed by atoms with E-state index in [9.17, 15) is 14.4 Å². The summed E-state index contributed by atoms with van der Waals surface area (Å²) in [4.78, 5) is 60.5. The van der Waals surface area contributed by atoms with Gasteiger partial charge in [0.15, 0.2) is 0 Å². The second-order valence-electron chi connectivity index (χ2n) is 15.8. The molecule has 2 aromatic heterocycles. The van der Waals surface area contributed by atoms with Crippen molar-refractivity contribution in [2.75, 3.05) is 25.6 Å². The molecule has 2 aliphatic heterocycles. The predicted molar refractivity (Wildman–Crippen MR) is 213 cm³/mol. The van der Waals surface area contributed by atoms with Gasteiger partial charge < -0.3 is 19.9 Å². The summed E-state index contributed by atoms with van der Waals surface area (Å²) in [5, 5.41) is 2.71. The highest BCUT2D eigenvalue weighted by Crippen LogP contribution is 2.54. The van der Waals surface area contributed by atoms with Crippen LogP contribution in [-0.2, 0) is 14.3 Å². The van der Waals surface area contributed by atoms with Crippen LogP contribution in [0.1, 0.15) is 69.8 Å². The van der Waals surface area contributed by atoms with Crippen molar-refractivity contribution in [3.8, 4) is 22.4 Å². The van der Waals surface area contributed by atoms with Crippen molar-refractivity contribution >= 4 is 35.0 Å². The lowest BCUT2D eigenvalue weighted by molar-refractivity contribution is -0.135. The number of allylic oxidation sites excluding steroid dienone is 1. The smallest absolute Gasteiger partial charge is 0.407 e. The summed E-state index contributed by atoms with van der Waals surface area (Å²) in [6.07, 6.45) is 10.8. The molecule has 55 heavy (non-hydrogen) atoms. The second kappa shape index (κ2) is 15.3. The number of ether oxygens (including phenoxy) is 1. The van der Waals surface area contributed by atoms with E-state index in [1.54, 1.807) is 11.1 Å². The minimum atomic E-state index is -0.674. The number of pyridine rings is 1. The number of H-pyrrole nitrogens is 1. The van der Waals surface area contributed by atoms with E-state index in [4.69, 9.17) is 14.7 Å². The minimum absolute atomic E-state index is 0.0446. The highest BCUT2D eigenvalue weighted by Gasteiger charge is 2.53. The largest absolute Gasteiger partial charge is 0.453 e. The summed E-state index contributed by atoms with van der Waals surface area (Å²) in [5.74, 6) is 2.45. The zero-order chi connectivity index (χ0) is 38.2. The van der Waals surface area contributed by atoms with E-state index in [0.29, 0.717) is 24.2 Å².